The Labute approximate surface area is 128 Å². The molecule has 0 saturated heterocycles. The van der Waals surface area contributed by atoms with E-state index < -0.39 is 0 Å². The van der Waals surface area contributed by atoms with Crippen molar-refractivity contribution in [3.8, 4) is 0 Å². The van der Waals surface area contributed by atoms with Gasteiger partial charge in [-0.2, -0.15) is 0 Å². The lowest BCUT2D eigenvalue weighted by Gasteiger charge is -2.20. The molecule has 0 aliphatic heterocycles. The Morgan fingerprint density at radius 2 is 1.85 bits per heavy atom. The molecule has 2 amide bonds. The van der Waals surface area contributed by atoms with Crippen LogP contribution in [-0.4, -0.2) is 23.9 Å². The molecule has 0 heterocycles. The average molecular weight is 341 g/mol. The average Bonchev–Trinajstić information content (AvgIpc) is 2.24. The molecule has 5 heteroatoms. The predicted octanol–water partition coefficient (Wildman–Crippen LogP) is 2.79. The van der Waals surface area contributed by atoms with E-state index in [2.05, 4.69) is 26.6 Å². The summed E-state index contributed by atoms with van der Waals surface area (Å²) in [5.41, 5.74) is 1.35. The molecule has 0 unspecified atom stereocenters. The van der Waals surface area contributed by atoms with Crippen LogP contribution < -0.4 is 10.6 Å². The third kappa shape index (κ3) is 6.19. The van der Waals surface area contributed by atoms with Crippen LogP contribution >= 0.6 is 15.9 Å². The molecular weight excluding hydrogens is 320 g/mol. The van der Waals surface area contributed by atoms with Crippen LogP contribution in [0.4, 0.5) is 0 Å². The third-order valence-corrected chi connectivity index (χ3v) is 2.91. The summed E-state index contributed by atoms with van der Waals surface area (Å²) in [5.74, 6) is -0.235. The maximum Gasteiger partial charge on any atom is 0.251 e. The summed E-state index contributed by atoms with van der Waals surface area (Å²) >= 11 is 3.36. The molecule has 0 fully saturated rings. The lowest BCUT2D eigenvalue weighted by molar-refractivity contribution is -0.122. The summed E-state index contributed by atoms with van der Waals surface area (Å²) in [7, 11) is 0. The standard InChI is InChI=1S/C15H21BrN2O2/c1-10-7-11(9-12(16)8-10)14(20)17-6-5-13(19)18-15(2,3)4/h7-9H,5-6H2,1-4H3,(H,17,20)(H,18,19). The van der Waals surface area contributed by atoms with Gasteiger partial charge in [-0.25, -0.2) is 0 Å². The first-order valence-corrected chi connectivity index (χ1v) is 7.33. The van der Waals surface area contributed by atoms with Crippen molar-refractivity contribution in [3.63, 3.8) is 0 Å². The molecule has 0 aliphatic carbocycles. The summed E-state index contributed by atoms with van der Waals surface area (Å²) in [6, 6.07) is 5.51. The molecule has 0 aliphatic rings. The minimum Gasteiger partial charge on any atom is -0.352 e. The zero-order valence-electron chi connectivity index (χ0n) is 12.3. The summed E-state index contributed by atoms with van der Waals surface area (Å²) in [6.07, 6.45) is 0.274. The van der Waals surface area contributed by atoms with E-state index >= 15 is 0 Å². The first-order valence-electron chi connectivity index (χ1n) is 6.54. The number of rotatable bonds is 4. The van der Waals surface area contributed by atoms with Gasteiger partial charge in [-0.1, -0.05) is 15.9 Å². The number of nitrogens with one attached hydrogen (secondary N) is 2. The Morgan fingerprint density at radius 1 is 1.20 bits per heavy atom. The topological polar surface area (TPSA) is 58.2 Å². The highest BCUT2D eigenvalue weighted by Gasteiger charge is 2.14. The zero-order valence-corrected chi connectivity index (χ0v) is 13.9. The number of aryl methyl sites for hydroxylation is 1. The Hall–Kier alpha value is -1.36. The molecule has 1 aromatic carbocycles. The molecule has 0 aromatic heterocycles. The fourth-order valence-corrected chi connectivity index (χ4v) is 2.35. The van der Waals surface area contributed by atoms with Gasteiger partial charge in [0.05, 0.1) is 0 Å². The number of carbonyl (C=O) groups is 2. The molecule has 0 atom stereocenters. The molecule has 0 spiro atoms. The van der Waals surface area contributed by atoms with Gasteiger partial charge < -0.3 is 10.6 Å². The second kappa shape index (κ2) is 6.88. The largest absolute Gasteiger partial charge is 0.352 e. The summed E-state index contributed by atoms with van der Waals surface area (Å²) in [6.45, 7) is 8.03. The van der Waals surface area contributed by atoms with Gasteiger partial charge in [0, 0.05) is 28.5 Å². The molecule has 2 N–H and O–H groups in total. The van der Waals surface area contributed by atoms with Gasteiger partial charge in [0.15, 0.2) is 0 Å². The van der Waals surface area contributed by atoms with E-state index in [1.165, 1.54) is 0 Å². The molecule has 110 valence electrons. The first-order chi connectivity index (χ1) is 9.17. The quantitative estimate of drug-likeness (QED) is 0.885. The number of carbonyl (C=O) groups excluding carboxylic acids is 2. The monoisotopic (exact) mass is 340 g/mol. The van der Waals surface area contributed by atoms with Crippen LogP contribution in [0.2, 0.25) is 0 Å². The molecule has 0 radical (unpaired) electrons. The van der Waals surface area contributed by atoms with E-state index in [1.54, 1.807) is 6.07 Å². The number of halogens is 1. The molecule has 4 nitrogen and oxygen atoms in total. The molecule has 1 rings (SSSR count). The number of amides is 2. The second-order valence-electron chi connectivity index (χ2n) is 5.82. The summed E-state index contributed by atoms with van der Waals surface area (Å²) in [4.78, 5) is 23.6. The second-order valence-corrected chi connectivity index (χ2v) is 6.74. The number of hydrogen-bond acceptors (Lipinski definition) is 2. The first kappa shape index (κ1) is 16.7. The summed E-state index contributed by atoms with van der Waals surface area (Å²) in [5, 5.41) is 5.60. The van der Waals surface area contributed by atoms with E-state index in [0.29, 0.717) is 12.1 Å². The van der Waals surface area contributed by atoms with Gasteiger partial charge in [0.25, 0.3) is 5.91 Å². The highest BCUT2D eigenvalue weighted by atomic mass is 79.9. The van der Waals surface area contributed by atoms with Crippen molar-refractivity contribution >= 4 is 27.7 Å². The summed E-state index contributed by atoms with van der Waals surface area (Å²) < 4.78 is 0.869. The minimum atomic E-state index is -0.248. The van der Waals surface area contributed by atoms with Crippen molar-refractivity contribution in [2.45, 2.75) is 39.7 Å². The van der Waals surface area contributed by atoms with Gasteiger partial charge in [-0.15, -0.1) is 0 Å². The number of hydrogen-bond donors (Lipinski definition) is 2. The fourth-order valence-electron chi connectivity index (χ4n) is 1.74. The van der Waals surface area contributed by atoms with E-state index in [9.17, 15) is 9.59 Å². The zero-order chi connectivity index (χ0) is 15.3. The van der Waals surface area contributed by atoms with E-state index in [4.69, 9.17) is 0 Å². The lowest BCUT2D eigenvalue weighted by atomic mass is 10.1. The van der Waals surface area contributed by atoms with Crippen molar-refractivity contribution in [1.82, 2.24) is 10.6 Å². The van der Waals surface area contributed by atoms with Gasteiger partial charge in [0.2, 0.25) is 5.91 Å². The third-order valence-electron chi connectivity index (χ3n) is 2.46. The van der Waals surface area contributed by atoms with Gasteiger partial charge in [-0.3, -0.25) is 9.59 Å². The van der Waals surface area contributed by atoms with E-state index in [1.807, 2.05) is 39.8 Å². The van der Waals surface area contributed by atoms with Crippen molar-refractivity contribution in [2.24, 2.45) is 0 Å². The minimum absolute atomic E-state index is 0.0665. The van der Waals surface area contributed by atoms with Gasteiger partial charge in [-0.05, 0) is 51.5 Å². The van der Waals surface area contributed by atoms with Crippen molar-refractivity contribution in [3.05, 3.63) is 33.8 Å². The predicted molar refractivity (Wildman–Crippen MR) is 83.7 cm³/mol. The van der Waals surface area contributed by atoms with Crippen LogP contribution in [0.25, 0.3) is 0 Å². The Balaban J connectivity index is 2.46. The highest BCUT2D eigenvalue weighted by molar-refractivity contribution is 9.10. The van der Waals surface area contributed by atoms with Crippen LogP contribution in [-0.2, 0) is 4.79 Å². The maximum absolute atomic E-state index is 12.0. The lowest BCUT2D eigenvalue weighted by Crippen LogP contribution is -2.42. The van der Waals surface area contributed by atoms with Crippen LogP contribution in [0.5, 0.6) is 0 Å². The normalized spacial score (nSPS) is 11.1. The van der Waals surface area contributed by atoms with Crippen LogP contribution in [0.15, 0.2) is 22.7 Å². The van der Waals surface area contributed by atoms with Crippen molar-refractivity contribution in [2.75, 3.05) is 6.54 Å². The van der Waals surface area contributed by atoms with Crippen LogP contribution in [0, 0.1) is 6.92 Å². The Morgan fingerprint density at radius 3 is 2.40 bits per heavy atom. The van der Waals surface area contributed by atoms with Crippen molar-refractivity contribution in [1.29, 1.82) is 0 Å². The molecule has 0 saturated carbocycles. The molecular formula is C15H21BrN2O2. The highest BCUT2D eigenvalue weighted by Crippen LogP contribution is 2.15. The van der Waals surface area contributed by atoms with E-state index in [-0.39, 0.29) is 23.8 Å². The maximum atomic E-state index is 12.0. The van der Waals surface area contributed by atoms with Gasteiger partial charge in [0.1, 0.15) is 0 Å². The van der Waals surface area contributed by atoms with E-state index in [0.717, 1.165) is 10.0 Å². The Kier molecular flexibility index (Phi) is 5.74. The molecule has 0 bridgehead atoms. The van der Waals surface area contributed by atoms with Crippen LogP contribution in [0.3, 0.4) is 0 Å². The van der Waals surface area contributed by atoms with Crippen LogP contribution in [0.1, 0.15) is 43.1 Å². The fraction of sp³-hybridized carbons (Fsp3) is 0.467. The van der Waals surface area contributed by atoms with Crippen molar-refractivity contribution < 1.29 is 9.59 Å². The van der Waals surface area contributed by atoms with Gasteiger partial charge >= 0.3 is 0 Å². The SMILES string of the molecule is Cc1cc(Br)cc(C(=O)NCCC(=O)NC(C)(C)C)c1. The smallest absolute Gasteiger partial charge is 0.251 e. The Bertz CT molecular complexity index is 487. The molecule has 20 heavy (non-hydrogen) atoms. The molecule has 1 aromatic rings. The number of benzene rings is 1.